The second-order valence-corrected chi connectivity index (χ2v) is 6.83. The van der Waals surface area contributed by atoms with Crippen molar-refractivity contribution >= 4 is 6.03 Å². The van der Waals surface area contributed by atoms with Crippen LogP contribution < -0.4 is 15.4 Å². The van der Waals surface area contributed by atoms with Crippen molar-refractivity contribution in [2.45, 2.75) is 26.7 Å². The number of hydrogen-bond donors (Lipinski definition) is 2. The number of likely N-dealkylation sites (N-methyl/N-ethyl adjacent to an activating group) is 1. The zero-order valence-electron chi connectivity index (χ0n) is 16.3. The summed E-state index contributed by atoms with van der Waals surface area (Å²) in [6, 6.07) is 7.80. The number of carbonyl (C=O) groups is 1. The first-order valence-electron chi connectivity index (χ1n) is 9.83. The smallest absolute Gasteiger partial charge is 0.314 e. The van der Waals surface area contributed by atoms with E-state index in [0.29, 0.717) is 13.2 Å². The van der Waals surface area contributed by atoms with Gasteiger partial charge in [-0.15, -0.1) is 0 Å². The van der Waals surface area contributed by atoms with E-state index in [1.54, 1.807) is 0 Å². The van der Waals surface area contributed by atoms with Crippen molar-refractivity contribution in [3.05, 3.63) is 29.8 Å². The van der Waals surface area contributed by atoms with Crippen LogP contribution in [0.15, 0.2) is 24.3 Å². The van der Waals surface area contributed by atoms with E-state index in [9.17, 15) is 4.79 Å². The number of nitrogens with one attached hydrogen (secondary N) is 2. The Morgan fingerprint density at radius 2 is 1.81 bits per heavy atom. The first-order chi connectivity index (χ1) is 12.7. The number of amides is 2. The Labute approximate surface area is 157 Å². The van der Waals surface area contributed by atoms with E-state index in [0.717, 1.165) is 38.2 Å². The molecule has 0 bridgehead atoms. The van der Waals surface area contributed by atoms with Crippen molar-refractivity contribution in [1.82, 2.24) is 20.4 Å². The molecule has 0 radical (unpaired) electrons. The molecule has 1 aliphatic heterocycles. The van der Waals surface area contributed by atoms with Gasteiger partial charge in [0.1, 0.15) is 12.4 Å². The predicted molar refractivity (Wildman–Crippen MR) is 106 cm³/mol. The molecule has 1 saturated heterocycles. The fourth-order valence-electron chi connectivity index (χ4n) is 3.09. The number of carbonyl (C=O) groups excluding carboxylic acids is 1. The van der Waals surface area contributed by atoms with Gasteiger partial charge in [0.05, 0.1) is 6.54 Å². The summed E-state index contributed by atoms with van der Waals surface area (Å²) < 4.78 is 5.61. The Morgan fingerprint density at radius 1 is 1.08 bits per heavy atom. The number of rotatable bonds is 10. The standard InChI is InChI=1S/C20H34N4O2/c1-3-23-12-14-24(15-13-23)11-5-4-9-21-20(25)22-10-16-26-19-8-6-7-18(2)17-19/h6-8,17H,3-5,9-16H2,1-2H3,(H2,21,22,25). The quantitative estimate of drug-likeness (QED) is 0.626. The molecule has 0 saturated carbocycles. The Hall–Kier alpha value is -1.79. The topological polar surface area (TPSA) is 56.8 Å². The van der Waals surface area contributed by atoms with Crippen LogP contribution in [0.3, 0.4) is 0 Å². The molecule has 0 atom stereocenters. The fraction of sp³-hybridized carbons (Fsp3) is 0.650. The molecule has 1 aromatic rings. The molecule has 1 fully saturated rings. The summed E-state index contributed by atoms with van der Waals surface area (Å²) in [7, 11) is 0. The van der Waals surface area contributed by atoms with Gasteiger partial charge in [-0.1, -0.05) is 19.1 Å². The minimum Gasteiger partial charge on any atom is -0.492 e. The van der Waals surface area contributed by atoms with Crippen LogP contribution in [0.2, 0.25) is 0 Å². The number of aryl methyl sites for hydroxylation is 1. The van der Waals surface area contributed by atoms with Gasteiger partial charge in [0.15, 0.2) is 0 Å². The van der Waals surface area contributed by atoms with Gasteiger partial charge in [-0.2, -0.15) is 0 Å². The Balaban J connectivity index is 1.43. The lowest BCUT2D eigenvalue weighted by molar-refractivity contribution is 0.135. The molecule has 2 rings (SSSR count). The highest BCUT2D eigenvalue weighted by Crippen LogP contribution is 2.11. The summed E-state index contributed by atoms with van der Waals surface area (Å²) >= 11 is 0. The second kappa shape index (κ2) is 11.8. The molecule has 6 heteroatoms. The molecular formula is C20H34N4O2. The van der Waals surface area contributed by atoms with Gasteiger partial charge in [0.2, 0.25) is 0 Å². The normalized spacial score (nSPS) is 15.6. The molecule has 2 amide bonds. The van der Waals surface area contributed by atoms with Crippen LogP contribution in [0.5, 0.6) is 5.75 Å². The van der Waals surface area contributed by atoms with Crippen LogP contribution in [-0.4, -0.2) is 74.8 Å². The van der Waals surface area contributed by atoms with Gasteiger partial charge in [-0.25, -0.2) is 4.79 Å². The SMILES string of the molecule is CCN1CCN(CCCCNC(=O)NCCOc2cccc(C)c2)CC1. The molecule has 0 aromatic heterocycles. The van der Waals surface area contributed by atoms with Crippen molar-refractivity contribution in [2.75, 3.05) is 59.0 Å². The average Bonchev–Trinajstić information content (AvgIpc) is 2.65. The second-order valence-electron chi connectivity index (χ2n) is 6.83. The Kier molecular flexibility index (Phi) is 9.28. The summed E-state index contributed by atoms with van der Waals surface area (Å²) in [5, 5.41) is 5.74. The number of unbranched alkanes of at least 4 members (excludes halogenated alkanes) is 1. The summed E-state index contributed by atoms with van der Waals surface area (Å²) in [5.41, 5.74) is 1.17. The maximum atomic E-state index is 11.7. The van der Waals surface area contributed by atoms with Gasteiger partial charge in [-0.05, 0) is 50.6 Å². The van der Waals surface area contributed by atoms with E-state index in [4.69, 9.17) is 4.74 Å². The molecule has 0 unspecified atom stereocenters. The van der Waals surface area contributed by atoms with Crippen molar-refractivity contribution in [1.29, 1.82) is 0 Å². The van der Waals surface area contributed by atoms with Crippen LogP contribution in [0.4, 0.5) is 4.79 Å². The largest absolute Gasteiger partial charge is 0.492 e. The van der Waals surface area contributed by atoms with E-state index >= 15 is 0 Å². The Bertz CT molecular complexity index is 530. The zero-order chi connectivity index (χ0) is 18.6. The maximum absolute atomic E-state index is 11.7. The van der Waals surface area contributed by atoms with Gasteiger partial charge in [0, 0.05) is 32.7 Å². The van der Waals surface area contributed by atoms with Crippen molar-refractivity contribution in [3.63, 3.8) is 0 Å². The fourth-order valence-corrected chi connectivity index (χ4v) is 3.09. The van der Waals surface area contributed by atoms with E-state index in [1.165, 1.54) is 31.7 Å². The number of ether oxygens (including phenoxy) is 1. The maximum Gasteiger partial charge on any atom is 0.314 e. The summed E-state index contributed by atoms with van der Waals surface area (Å²) in [5.74, 6) is 0.840. The van der Waals surface area contributed by atoms with Gasteiger partial charge >= 0.3 is 6.03 Å². The zero-order valence-corrected chi connectivity index (χ0v) is 16.3. The van der Waals surface area contributed by atoms with Gasteiger partial charge in [0.25, 0.3) is 0 Å². The summed E-state index contributed by atoms with van der Waals surface area (Å²) in [6.45, 7) is 12.9. The lowest BCUT2D eigenvalue weighted by Gasteiger charge is -2.33. The van der Waals surface area contributed by atoms with Crippen LogP contribution in [-0.2, 0) is 0 Å². The first-order valence-corrected chi connectivity index (χ1v) is 9.83. The molecule has 1 aliphatic rings. The third kappa shape index (κ3) is 8.06. The van der Waals surface area contributed by atoms with Crippen molar-refractivity contribution < 1.29 is 9.53 Å². The van der Waals surface area contributed by atoms with E-state index in [2.05, 4.69) is 27.4 Å². The highest BCUT2D eigenvalue weighted by molar-refractivity contribution is 5.73. The van der Waals surface area contributed by atoms with E-state index in [-0.39, 0.29) is 6.03 Å². The molecule has 0 spiro atoms. The van der Waals surface area contributed by atoms with Crippen molar-refractivity contribution in [3.8, 4) is 5.75 Å². The number of nitrogens with zero attached hydrogens (tertiary/aromatic N) is 2. The first kappa shape index (κ1) is 20.5. The lowest BCUT2D eigenvalue weighted by Crippen LogP contribution is -2.46. The summed E-state index contributed by atoms with van der Waals surface area (Å²) in [4.78, 5) is 16.8. The molecular weight excluding hydrogens is 328 g/mol. The van der Waals surface area contributed by atoms with E-state index < -0.39 is 0 Å². The molecule has 26 heavy (non-hydrogen) atoms. The minimum atomic E-state index is -0.116. The van der Waals surface area contributed by atoms with Gasteiger partial charge in [-0.3, -0.25) is 0 Å². The monoisotopic (exact) mass is 362 g/mol. The molecule has 1 heterocycles. The Morgan fingerprint density at radius 3 is 2.54 bits per heavy atom. The molecule has 1 aromatic carbocycles. The highest BCUT2D eigenvalue weighted by atomic mass is 16.5. The van der Waals surface area contributed by atoms with Crippen LogP contribution in [0.25, 0.3) is 0 Å². The minimum absolute atomic E-state index is 0.116. The average molecular weight is 363 g/mol. The third-order valence-corrected chi connectivity index (χ3v) is 4.74. The number of urea groups is 1. The third-order valence-electron chi connectivity index (χ3n) is 4.74. The molecule has 146 valence electrons. The molecule has 6 nitrogen and oxygen atoms in total. The molecule has 0 aliphatic carbocycles. The van der Waals surface area contributed by atoms with E-state index in [1.807, 2.05) is 31.2 Å². The summed E-state index contributed by atoms with van der Waals surface area (Å²) in [6.07, 6.45) is 2.14. The highest BCUT2D eigenvalue weighted by Gasteiger charge is 2.14. The predicted octanol–water partition coefficient (Wildman–Crippen LogP) is 2.09. The number of hydrogen-bond acceptors (Lipinski definition) is 4. The number of piperazine rings is 1. The lowest BCUT2D eigenvalue weighted by atomic mass is 10.2. The van der Waals surface area contributed by atoms with Crippen LogP contribution in [0.1, 0.15) is 25.3 Å². The van der Waals surface area contributed by atoms with Crippen LogP contribution in [0, 0.1) is 6.92 Å². The van der Waals surface area contributed by atoms with Crippen LogP contribution >= 0.6 is 0 Å². The van der Waals surface area contributed by atoms with Gasteiger partial charge < -0.3 is 25.2 Å². The molecule has 2 N–H and O–H groups in total. The van der Waals surface area contributed by atoms with Crippen molar-refractivity contribution in [2.24, 2.45) is 0 Å². The number of benzene rings is 1.